The maximum atomic E-state index is 11.9. The van der Waals surface area contributed by atoms with E-state index in [9.17, 15) is 22.9 Å². The van der Waals surface area contributed by atoms with Crippen LogP contribution in [0.4, 0.5) is 0 Å². The zero-order chi connectivity index (χ0) is 23.5. The molecule has 0 aromatic rings. The molecule has 0 aliphatic heterocycles. The normalized spacial score (nSPS) is 47.2. The van der Waals surface area contributed by atoms with Crippen LogP contribution in [0.15, 0.2) is 0 Å². The number of hydrogen-bond acceptors (Lipinski definition) is 4. The van der Waals surface area contributed by atoms with Gasteiger partial charge in [0.05, 0.1) is 6.10 Å². The topological polar surface area (TPSA) is 124 Å². The number of rotatable bonds is 6. The minimum atomic E-state index is -4.32. The van der Waals surface area contributed by atoms with E-state index in [1.807, 2.05) is 0 Å². The van der Waals surface area contributed by atoms with Crippen molar-refractivity contribution in [1.82, 2.24) is 4.72 Å². The maximum Gasteiger partial charge on any atom is 0.333 e. The van der Waals surface area contributed by atoms with Crippen molar-refractivity contribution in [2.45, 2.75) is 97.1 Å². The Hall–Kier alpha value is -0.700. The van der Waals surface area contributed by atoms with Crippen LogP contribution in [0.25, 0.3) is 0 Å². The van der Waals surface area contributed by atoms with Crippen LogP contribution in [0.5, 0.6) is 0 Å². The van der Waals surface area contributed by atoms with Gasteiger partial charge < -0.3 is 10.2 Å². The average molecular weight is 472 g/mol. The summed E-state index contributed by atoms with van der Waals surface area (Å²) >= 11 is 0. The van der Waals surface area contributed by atoms with Crippen molar-refractivity contribution < 1.29 is 28.0 Å². The van der Waals surface area contributed by atoms with Gasteiger partial charge in [-0.25, -0.2) is 0 Å². The van der Waals surface area contributed by atoms with Crippen LogP contribution >= 0.6 is 0 Å². The minimum absolute atomic E-state index is 0.0651. The Morgan fingerprint density at radius 3 is 2.38 bits per heavy atom. The number of carboxylic acid groups (broad SMARTS) is 1. The summed E-state index contributed by atoms with van der Waals surface area (Å²) in [5.41, 5.74) is 0.158. The summed E-state index contributed by atoms with van der Waals surface area (Å²) in [5.74, 6) is 1.18. The minimum Gasteiger partial charge on any atom is -0.481 e. The SMILES string of the molecule is C[C@H](CCC(=O)O)[C@H]1CC[C@H]2[C@@H]3C(NS(=O)(=O)O)C[C@@H]4C[C@H](O)CC[C@]4(C)[C@H]3CC[C@]12C. The summed E-state index contributed by atoms with van der Waals surface area (Å²) in [6.07, 6.45) is 7.92. The van der Waals surface area contributed by atoms with Crippen LogP contribution in [-0.2, 0) is 15.1 Å². The number of carboxylic acids is 1. The van der Waals surface area contributed by atoms with Gasteiger partial charge in [-0.2, -0.15) is 13.1 Å². The average Bonchev–Trinajstić information content (AvgIpc) is 3.03. The second kappa shape index (κ2) is 8.51. The molecule has 4 N–H and O–H groups in total. The van der Waals surface area contributed by atoms with Crippen LogP contribution in [-0.4, -0.2) is 41.3 Å². The molecule has 32 heavy (non-hydrogen) atoms. The van der Waals surface area contributed by atoms with E-state index in [0.29, 0.717) is 42.9 Å². The quantitative estimate of drug-likeness (QED) is 0.436. The molecule has 0 amide bonds. The number of aliphatic hydroxyl groups is 1. The number of aliphatic hydroxyl groups excluding tert-OH is 1. The first kappa shape index (κ1) is 24.4. The van der Waals surface area contributed by atoms with Crippen LogP contribution in [0.2, 0.25) is 0 Å². The summed E-state index contributed by atoms with van der Waals surface area (Å²) in [4.78, 5) is 11.1. The molecule has 0 radical (unpaired) electrons. The van der Waals surface area contributed by atoms with Gasteiger partial charge in [-0.3, -0.25) is 9.35 Å². The van der Waals surface area contributed by atoms with Gasteiger partial charge in [0.1, 0.15) is 0 Å². The summed E-state index contributed by atoms with van der Waals surface area (Å²) in [5, 5.41) is 19.5. The molecule has 1 unspecified atom stereocenters. The standard InChI is InChI=1S/C24H41NO6S/c1-14(4-7-21(27)28)17-5-6-18-22-19(9-11-24(17,18)3)23(2)10-8-16(26)12-15(23)13-20(22)25-32(29,30)31/h14-20,22,25-26H,4-13H2,1-3H3,(H,27,28)(H,29,30,31)/t14-,15+,16-,17-,18+,19+,20?,22+,23+,24-/m1/s1. The van der Waals surface area contributed by atoms with Crippen LogP contribution in [0, 0.1) is 46.3 Å². The molecule has 4 rings (SSSR count). The van der Waals surface area contributed by atoms with Crippen LogP contribution in [0.3, 0.4) is 0 Å². The van der Waals surface area contributed by atoms with Gasteiger partial charge >= 0.3 is 16.3 Å². The van der Waals surface area contributed by atoms with Crippen molar-refractivity contribution in [2.24, 2.45) is 46.3 Å². The number of fused-ring (bicyclic) bond motifs is 5. The van der Waals surface area contributed by atoms with E-state index in [4.69, 9.17) is 5.11 Å². The summed E-state index contributed by atoms with van der Waals surface area (Å²) in [6, 6.07) is -0.309. The molecule has 4 fully saturated rings. The molecule has 4 aliphatic carbocycles. The van der Waals surface area contributed by atoms with E-state index in [-0.39, 0.29) is 41.2 Å². The van der Waals surface area contributed by atoms with Crippen LogP contribution < -0.4 is 4.72 Å². The first-order valence-corrected chi connectivity index (χ1v) is 13.9. The number of hydrogen-bond donors (Lipinski definition) is 4. The van der Waals surface area contributed by atoms with Crippen molar-refractivity contribution in [3.63, 3.8) is 0 Å². The molecule has 10 atom stereocenters. The maximum absolute atomic E-state index is 11.9. The van der Waals surface area contributed by atoms with Crippen molar-refractivity contribution in [2.75, 3.05) is 0 Å². The Kier molecular flexibility index (Phi) is 6.49. The highest BCUT2D eigenvalue weighted by Gasteiger charge is 2.63. The predicted octanol–water partition coefficient (Wildman–Crippen LogP) is 3.88. The summed E-state index contributed by atoms with van der Waals surface area (Å²) in [7, 11) is -4.32. The Morgan fingerprint density at radius 2 is 1.72 bits per heavy atom. The van der Waals surface area contributed by atoms with Gasteiger partial charge in [-0.05, 0) is 104 Å². The molecule has 0 saturated heterocycles. The van der Waals surface area contributed by atoms with Crippen LogP contribution in [0.1, 0.15) is 85.0 Å². The van der Waals surface area contributed by atoms with E-state index < -0.39 is 16.3 Å². The fourth-order valence-electron chi connectivity index (χ4n) is 9.09. The highest BCUT2D eigenvalue weighted by atomic mass is 32.2. The predicted molar refractivity (Wildman–Crippen MR) is 121 cm³/mol. The Labute approximate surface area is 192 Å². The summed E-state index contributed by atoms with van der Waals surface area (Å²) in [6.45, 7) is 6.89. The zero-order valence-corrected chi connectivity index (χ0v) is 20.5. The fourth-order valence-corrected chi connectivity index (χ4v) is 9.72. The van der Waals surface area contributed by atoms with Gasteiger partial charge in [0.25, 0.3) is 0 Å². The molecule has 8 heteroatoms. The summed E-state index contributed by atoms with van der Waals surface area (Å²) < 4.78 is 36.1. The molecule has 0 heterocycles. The molecule has 0 aromatic carbocycles. The van der Waals surface area contributed by atoms with E-state index in [0.717, 1.165) is 38.5 Å². The first-order chi connectivity index (χ1) is 14.8. The van der Waals surface area contributed by atoms with E-state index in [2.05, 4.69) is 25.5 Å². The third-order valence-corrected chi connectivity index (χ3v) is 11.2. The first-order valence-electron chi connectivity index (χ1n) is 12.5. The Morgan fingerprint density at radius 1 is 1.06 bits per heavy atom. The lowest BCUT2D eigenvalue weighted by atomic mass is 9.43. The highest BCUT2D eigenvalue weighted by molar-refractivity contribution is 7.83. The Bertz CT molecular complexity index is 832. The number of aliphatic carboxylic acids is 1. The van der Waals surface area contributed by atoms with Gasteiger partial charge in [0, 0.05) is 12.5 Å². The van der Waals surface area contributed by atoms with E-state index in [1.165, 1.54) is 0 Å². The molecule has 4 saturated carbocycles. The lowest BCUT2D eigenvalue weighted by molar-refractivity contribution is -0.141. The fraction of sp³-hybridized carbons (Fsp3) is 0.958. The van der Waals surface area contributed by atoms with Gasteiger partial charge in [0.15, 0.2) is 0 Å². The number of carbonyl (C=O) groups is 1. The van der Waals surface area contributed by atoms with Crippen molar-refractivity contribution in [1.29, 1.82) is 0 Å². The second-order valence-electron chi connectivity index (χ2n) is 12.0. The van der Waals surface area contributed by atoms with E-state index >= 15 is 0 Å². The highest BCUT2D eigenvalue weighted by Crippen LogP contribution is 2.68. The molecule has 7 nitrogen and oxygen atoms in total. The third-order valence-electron chi connectivity index (χ3n) is 10.6. The molecule has 4 aliphatic rings. The molecule has 0 bridgehead atoms. The largest absolute Gasteiger partial charge is 0.481 e. The molecule has 184 valence electrons. The van der Waals surface area contributed by atoms with Gasteiger partial charge in [0.2, 0.25) is 0 Å². The number of nitrogens with one attached hydrogen (secondary N) is 1. The van der Waals surface area contributed by atoms with Crippen molar-refractivity contribution >= 4 is 16.3 Å². The lowest BCUT2D eigenvalue weighted by Gasteiger charge is -2.63. The molecular weight excluding hydrogens is 430 g/mol. The zero-order valence-electron chi connectivity index (χ0n) is 19.7. The Balaban J connectivity index is 1.64. The molecule has 0 aromatic heterocycles. The smallest absolute Gasteiger partial charge is 0.333 e. The van der Waals surface area contributed by atoms with Gasteiger partial charge in [-0.15, -0.1) is 0 Å². The molecular formula is C24H41NO6S. The monoisotopic (exact) mass is 471 g/mol. The lowest BCUT2D eigenvalue weighted by Crippen LogP contribution is -2.62. The van der Waals surface area contributed by atoms with E-state index in [1.54, 1.807) is 0 Å². The molecule has 0 spiro atoms. The van der Waals surface area contributed by atoms with Gasteiger partial charge in [-0.1, -0.05) is 20.8 Å². The second-order valence-corrected chi connectivity index (χ2v) is 13.2. The third kappa shape index (κ3) is 4.25. The van der Waals surface area contributed by atoms with Crippen molar-refractivity contribution in [3.05, 3.63) is 0 Å². The van der Waals surface area contributed by atoms with Crippen molar-refractivity contribution in [3.8, 4) is 0 Å².